The standard InChI is InChI=1S/C26H22BrN3O4/c1-32-19-9-10-22-20(13-19)21(14-23(29-22)17-5-7-18(27)8-6-17)26(31)30-28-15-16-4-11-24(33-2)25(12-16)34-3/h4-15H,1-3H3,(H,30,31). The third kappa shape index (κ3) is 5.02. The van der Waals surface area contributed by atoms with Crippen molar-refractivity contribution in [2.24, 2.45) is 5.10 Å². The molecule has 0 radical (unpaired) electrons. The highest BCUT2D eigenvalue weighted by Crippen LogP contribution is 2.29. The molecule has 0 bridgehead atoms. The van der Waals surface area contributed by atoms with Gasteiger partial charge in [0.2, 0.25) is 0 Å². The fourth-order valence-electron chi connectivity index (χ4n) is 3.45. The molecule has 0 aliphatic heterocycles. The molecule has 4 aromatic rings. The summed E-state index contributed by atoms with van der Waals surface area (Å²) in [7, 11) is 4.72. The van der Waals surface area contributed by atoms with Gasteiger partial charge in [-0.25, -0.2) is 10.4 Å². The molecule has 1 amide bonds. The van der Waals surface area contributed by atoms with Gasteiger partial charge in [-0.3, -0.25) is 4.79 Å². The van der Waals surface area contributed by atoms with Crippen molar-refractivity contribution in [2.45, 2.75) is 0 Å². The number of fused-ring (bicyclic) bond motifs is 1. The molecule has 7 nitrogen and oxygen atoms in total. The second kappa shape index (κ2) is 10.4. The van der Waals surface area contributed by atoms with Crippen LogP contribution in [0.3, 0.4) is 0 Å². The average molecular weight is 520 g/mol. The first-order valence-electron chi connectivity index (χ1n) is 10.3. The van der Waals surface area contributed by atoms with Gasteiger partial charge in [0.05, 0.1) is 44.3 Å². The van der Waals surface area contributed by atoms with Gasteiger partial charge < -0.3 is 14.2 Å². The number of nitrogens with one attached hydrogen (secondary N) is 1. The number of aromatic nitrogens is 1. The van der Waals surface area contributed by atoms with Gasteiger partial charge in [0, 0.05) is 15.4 Å². The summed E-state index contributed by atoms with van der Waals surface area (Å²) in [6.45, 7) is 0. The second-order valence-electron chi connectivity index (χ2n) is 7.26. The van der Waals surface area contributed by atoms with E-state index in [4.69, 9.17) is 19.2 Å². The summed E-state index contributed by atoms with van der Waals surface area (Å²) in [5.41, 5.74) is 6.04. The minimum atomic E-state index is -0.365. The largest absolute Gasteiger partial charge is 0.497 e. The molecule has 1 N–H and O–H groups in total. The van der Waals surface area contributed by atoms with E-state index in [1.54, 1.807) is 51.8 Å². The Labute approximate surface area is 205 Å². The van der Waals surface area contributed by atoms with Gasteiger partial charge in [-0.2, -0.15) is 5.10 Å². The summed E-state index contributed by atoms with van der Waals surface area (Å²) in [6, 6.07) is 20.3. The van der Waals surface area contributed by atoms with Crippen molar-refractivity contribution >= 4 is 39.0 Å². The predicted octanol–water partition coefficient (Wildman–Crippen LogP) is 5.45. The molecule has 0 spiro atoms. The van der Waals surface area contributed by atoms with Gasteiger partial charge >= 0.3 is 0 Å². The Hall–Kier alpha value is -3.91. The summed E-state index contributed by atoms with van der Waals surface area (Å²) in [4.78, 5) is 17.9. The first-order valence-corrected chi connectivity index (χ1v) is 11.1. The van der Waals surface area contributed by atoms with E-state index in [0.717, 1.165) is 15.6 Å². The Morgan fingerprint density at radius 2 is 1.68 bits per heavy atom. The monoisotopic (exact) mass is 519 g/mol. The molecule has 8 heteroatoms. The summed E-state index contributed by atoms with van der Waals surface area (Å²) >= 11 is 3.45. The molecule has 34 heavy (non-hydrogen) atoms. The Balaban J connectivity index is 1.68. The lowest BCUT2D eigenvalue weighted by atomic mass is 10.0. The molecular formula is C26H22BrN3O4. The van der Waals surface area contributed by atoms with Crippen LogP contribution in [0.25, 0.3) is 22.2 Å². The predicted molar refractivity (Wildman–Crippen MR) is 136 cm³/mol. The number of pyridine rings is 1. The van der Waals surface area contributed by atoms with Crippen molar-refractivity contribution < 1.29 is 19.0 Å². The minimum absolute atomic E-state index is 0.365. The first kappa shape index (κ1) is 23.3. The maximum atomic E-state index is 13.2. The van der Waals surface area contributed by atoms with Gasteiger partial charge in [0.1, 0.15) is 5.75 Å². The number of rotatable bonds is 7. The third-order valence-electron chi connectivity index (χ3n) is 5.19. The van der Waals surface area contributed by atoms with E-state index >= 15 is 0 Å². The molecule has 0 fully saturated rings. The number of ether oxygens (including phenoxy) is 3. The van der Waals surface area contributed by atoms with Crippen molar-refractivity contribution in [1.82, 2.24) is 10.4 Å². The lowest BCUT2D eigenvalue weighted by Gasteiger charge is -2.11. The molecule has 0 atom stereocenters. The van der Waals surface area contributed by atoms with Crippen molar-refractivity contribution in [3.8, 4) is 28.5 Å². The quantitative estimate of drug-likeness (QED) is 0.259. The maximum absolute atomic E-state index is 13.2. The number of halogens is 1. The molecule has 0 saturated carbocycles. The summed E-state index contributed by atoms with van der Waals surface area (Å²) in [5.74, 6) is 1.45. The number of hydrazone groups is 1. The van der Waals surface area contributed by atoms with Crippen molar-refractivity contribution in [3.63, 3.8) is 0 Å². The summed E-state index contributed by atoms with van der Waals surface area (Å²) in [6.07, 6.45) is 1.54. The summed E-state index contributed by atoms with van der Waals surface area (Å²) in [5, 5.41) is 4.80. The highest BCUT2D eigenvalue weighted by atomic mass is 79.9. The first-order chi connectivity index (χ1) is 16.5. The number of methoxy groups -OCH3 is 3. The number of benzene rings is 3. The van der Waals surface area contributed by atoms with Gasteiger partial charge in [0.25, 0.3) is 5.91 Å². The van der Waals surface area contributed by atoms with Gasteiger partial charge in [-0.1, -0.05) is 28.1 Å². The number of carbonyl (C=O) groups excluding carboxylic acids is 1. The highest BCUT2D eigenvalue weighted by molar-refractivity contribution is 9.10. The van der Waals surface area contributed by atoms with Crippen LogP contribution in [0.15, 0.2) is 76.3 Å². The van der Waals surface area contributed by atoms with Crippen LogP contribution in [0, 0.1) is 0 Å². The van der Waals surface area contributed by atoms with Crippen LogP contribution in [-0.2, 0) is 0 Å². The van der Waals surface area contributed by atoms with Gasteiger partial charge in [-0.15, -0.1) is 0 Å². The van der Waals surface area contributed by atoms with E-state index < -0.39 is 0 Å². The van der Waals surface area contributed by atoms with Crippen molar-refractivity contribution in [2.75, 3.05) is 21.3 Å². The molecular weight excluding hydrogens is 498 g/mol. The van der Waals surface area contributed by atoms with Crippen LogP contribution in [-0.4, -0.2) is 38.4 Å². The average Bonchev–Trinajstić information content (AvgIpc) is 2.87. The molecule has 3 aromatic carbocycles. The molecule has 0 aliphatic rings. The number of carbonyl (C=O) groups is 1. The van der Waals surface area contributed by atoms with E-state index in [-0.39, 0.29) is 5.91 Å². The molecule has 1 heterocycles. The zero-order valence-electron chi connectivity index (χ0n) is 18.8. The molecule has 0 unspecified atom stereocenters. The smallest absolute Gasteiger partial charge is 0.272 e. The van der Waals surface area contributed by atoms with E-state index in [9.17, 15) is 4.79 Å². The Kier molecular flexibility index (Phi) is 7.08. The summed E-state index contributed by atoms with van der Waals surface area (Å²) < 4.78 is 16.9. The van der Waals surface area contributed by atoms with Crippen LogP contribution in [0.1, 0.15) is 15.9 Å². The highest BCUT2D eigenvalue weighted by Gasteiger charge is 2.15. The molecule has 4 rings (SSSR count). The van der Waals surface area contributed by atoms with Crippen molar-refractivity contribution in [3.05, 3.63) is 82.3 Å². The Morgan fingerprint density at radius 3 is 2.38 bits per heavy atom. The fraction of sp³-hybridized carbons (Fsp3) is 0.115. The molecule has 172 valence electrons. The van der Waals surface area contributed by atoms with E-state index in [1.807, 2.05) is 42.5 Å². The normalized spacial score (nSPS) is 10.9. The van der Waals surface area contributed by atoms with Crippen LogP contribution >= 0.6 is 15.9 Å². The van der Waals surface area contributed by atoms with Gasteiger partial charge in [0.15, 0.2) is 11.5 Å². The fourth-order valence-corrected chi connectivity index (χ4v) is 3.71. The third-order valence-corrected chi connectivity index (χ3v) is 5.72. The zero-order valence-corrected chi connectivity index (χ0v) is 20.4. The van der Waals surface area contributed by atoms with Crippen LogP contribution in [0.4, 0.5) is 0 Å². The van der Waals surface area contributed by atoms with E-state index in [0.29, 0.717) is 39.4 Å². The Morgan fingerprint density at radius 1 is 0.912 bits per heavy atom. The van der Waals surface area contributed by atoms with Crippen LogP contribution in [0.2, 0.25) is 0 Å². The van der Waals surface area contributed by atoms with E-state index in [2.05, 4.69) is 26.5 Å². The second-order valence-corrected chi connectivity index (χ2v) is 8.17. The topological polar surface area (TPSA) is 82.0 Å². The minimum Gasteiger partial charge on any atom is -0.497 e. The number of hydrogen-bond donors (Lipinski definition) is 1. The molecule has 1 aromatic heterocycles. The molecule has 0 aliphatic carbocycles. The lowest BCUT2D eigenvalue weighted by Crippen LogP contribution is -2.18. The van der Waals surface area contributed by atoms with Crippen LogP contribution in [0.5, 0.6) is 17.2 Å². The molecule has 0 saturated heterocycles. The zero-order chi connectivity index (χ0) is 24.1. The van der Waals surface area contributed by atoms with Crippen molar-refractivity contribution in [1.29, 1.82) is 0 Å². The number of hydrogen-bond acceptors (Lipinski definition) is 6. The van der Waals surface area contributed by atoms with E-state index in [1.165, 1.54) is 0 Å². The Bertz CT molecular complexity index is 1370. The van der Waals surface area contributed by atoms with Gasteiger partial charge in [-0.05, 0) is 60.2 Å². The number of amides is 1. The maximum Gasteiger partial charge on any atom is 0.272 e. The SMILES string of the molecule is COc1ccc2nc(-c3ccc(Br)cc3)cc(C(=O)NN=Cc3ccc(OC)c(OC)c3)c2c1. The lowest BCUT2D eigenvalue weighted by molar-refractivity contribution is 0.0956. The number of nitrogens with zero attached hydrogens (tertiary/aromatic N) is 2. The van der Waals surface area contributed by atoms with Crippen LogP contribution < -0.4 is 19.6 Å².